The van der Waals surface area contributed by atoms with Gasteiger partial charge in [0.1, 0.15) is 0 Å². The van der Waals surface area contributed by atoms with Crippen LogP contribution in [0.4, 0.5) is 0 Å². The Morgan fingerprint density at radius 1 is 1.67 bits per heavy atom. The summed E-state index contributed by atoms with van der Waals surface area (Å²) in [5, 5.41) is 0. The van der Waals surface area contributed by atoms with Crippen molar-refractivity contribution in [2.75, 3.05) is 0 Å². The van der Waals surface area contributed by atoms with E-state index in [0.29, 0.717) is 0 Å². The van der Waals surface area contributed by atoms with Gasteiger partial charge in [-0.1, -0.05) is 0 Å². The fraction of sp³-hybridized carbons (Fsp3) is 0. The standard InChI is InChI=1S/HO3S.H2P.Pd/c1-4(2)3;;/h(H,1,2,3);1H2;/q;-1;+1. The Hall–Kier alpha value is 1.00. The summed E-state index contributed by atoms with van der Waals surface area (Å²) in [4.78, 5) is 0. The van der Waals surface area contributed by atoms with E-state index in [1.807, 2.05) is 7.43 Å². The van der Waals surface area contributed by atoms with Crippen LogP contribution >= 0.6 is 7.43 Å². The Kier molecular flexibility index (Phi) is 2.74. The van der Waals surface area contributed by atoms with Crippen LogP contribution in [0.25, 0.3) is 0 Å². The topological polar surface area (TPSA) is 54.4 Å². The van der Waals surface area contributed by atoms with Gasteiger partial charge in [0.2, 0.25) is 0 Å². The molecular formula is H3O3PPdS. The molecule has 0 radical (unpaired) electrons. The molecule has 0 bridgehead atoms. The number of rotatable bonds is 1. The average molecular weight is 220 g/mol. The minimum atomic E-state index is -3.65. The molecule has 0 aliphatic heterocycles. The van der Waals surface area contributed by atoms with E-state index in [9.17, 15) is 8.42 Å². The molecule has 0 aromatic carbocycles. The van der Waals surface area contributed by atoms with Crippen LogP contribution in [-0.2, 0) is 24.2 Å². The van der Waals surface area contributed by atoms with Gasteiger partial charge in [-0.15, -0.1) is 0 Å². The molecule has 1 N–H and O–H groups in total. The molecule has 0 heterocycles. The summed E-state index contributed by atoms with van der Waals surface area (Å²) in [7, 11) is -1.71. The third-order valence-corrected chi connectivity index (χ3v) is 5.02. The predicted molar refractivity (Wildman–Crippen MR) is 21.3 cm³/mol. The van der Waals surface area contributed by atoms with Crippen LogP contribution in [0.2, 0.25) is 0 Å². The van der Waals surface area contributed by atoms with Gasteiger partial charge in [-0.05, 0) is 0 Å². The van der Waals surface area contributed by atoms with Gasteiger partial charge in [-0.2, -0.15) is 0 Å². The summed E-state index contributed by atoms with van der Waals surface area (Å²) in [5.41, 5.74) is 0. The van der Waals surface area contributed by atoms with E-state index in [-0.39, 0.29) is 0 Å². The molecule has 0 fully saturated rings. The van der Waals surface area contributed by atoms with Crippen molar-refractivity contribution in [2.45, 2.75) is 0 Å². The van der Waals surface area contributed by atoms with Gasteiger partial charge < -0.3 is 0 Å². The monoisotopic (exact) mass is 220 g/mol. The Labute approximate surface area is 44.9 Å². The first-order chi connectivity index (χ1) is 2.56. The molecule has 0 aromatic rings. The zero-order valence-electron chi connectivity index (χ0n) is 2.57. The fourth-order valence-corrected chi connectivity index (χ4v) is 0. The van der Waals surface area contributed by atoms with Crippen molar-refractivity contribution < 1.29 is 29.2 Å². The molecule has 6 heteroatoms. The van der Waals surface area contributed by atoms with Crippen molar-refractivity contribution in [3.05, 3.63) is 0 Å². The van der Waals surface area contributed by atoms with Gasteiger partial charge in [0, 0.05) is 0 Å². The molecule has 0 saturated carbocycles. The quantitative estimate of drug-likeness (QED) is 0.374. The molecule has 0 aliphatic carbocycles. The van der Waals surface area contributed by atoms with Gasteiger partial charge in [0.15, 0.2) is 0 Å². The van der Waals surface area contributed by atoms with E-state index in [2.05, 4.69) is 0 Å². The Balaban J connectivity index is 3.85. The molecule has 0 amide bonds. The van der Waals surface area contributed by atoms with E-state index in [1.165, 1.54) is 0 Å². The van der Waals surface area contributed by atoms with E-state index in [0.717, 1.165) is 0 Å². The van der Waals surface area contributed by atoms with Crippen LogP contribution in [0.5, 0.6) is 0 Å². The van der Waals surface area contributed by atoms with Gasteiger partial charge in [0.25, 0.3) is 0 Å². The maximum atomic E-state index is 9.56. The SMILES string of the molecule is O=[S](=O)(O)[Pd][PH2]. The second-order valence-corrected chi connectivity index (χ2v) is 7.52. The van der Waals surface area contributed by atoms with Crippen molar-refractivity contribution in [2.24, 2.45) is 0 Å². The number of hydrogen-bond donors (Lipinski definition) is 1. The van der Waals surface area contributed by atoms with Crippen molar-refractivity contribution in [3.63, 3.8) is 0 Å². The summed E-state index contributed by atoms with van der Waals surface area (Å²) in [6.07, 6.45) is 0. The van der Waals surface area contributed by atoms with Crippen LogP contribution in [-0.4, -0.2) is 13.0 Å². The molecule has 1 atom stereocenters. The maximum absolute atomic E-state index is 9.56. The van der Waals surface area contributed by atoms with Crippen LogP contribution in [0.15, 0.2) is 0 Å². The van der Waals surface area contributed by atoms with Crippen molar-refractivity contribution in [1.82, 2.24) is 0 Å². The molecule has 0 spiro atoms. The summed E-state index contributed by atoms with van der Waals surface area (Å²) >= 11 is -0.651. The normalized spacial score (nSPS) is 12.3. The predicted octanol–water partition coefficient (Wildman–Crippen LogP) is -0.338. The van der Waals surface area contributed by atoms with Crippen molar-refractivity contribution >= 4 is 15.4 Å². The van der Waals surface area contributed by atoms with Crippen molar-refractivity contribution in [3.8, 4) is 0 Å². The van der Waals surface area contributed by atoms with Crippen molar-refractivity contribution in [1.29, 1.82) is 0 Å². The molecular weight excluding hydrogens is 217 g/mol. The van der Waals surface area contributed by atoms with Crippen LogP contribution < -0.4 is 0 Å². The first-order valence-electron chi connectivity index (χ1n) is 0.828. The Morgan fingerprint density at radius 3 is 1.83 bits per heavy atom. The molecule has 1 unspecified atom stereocenters. The van der Waals surface area contributed by atoms with Gasteiger partial charge in [-0.3, -0.25) is 0 Å². The molecule has 6 heavy (non-hydrogen) atoms. The summed E-state index contributed by atoms with van der Waals surface area (Å²) in [5.74, 6) is 0. The van der Waals surface area contributed by atoms with E-state index >= 15 is 0 Å². The van der Waals surface area contributed by atoms with E-state index in [4.69, 9.17) is 4.55 Å². The van der Waals surface area contributed by atoms with Crippen LogP contribution in [0.3, 0.4) is 0 Å². The summed E-state index contributed by atoms with van der Waals surface area (Å²) in [6, 6.07) is 0. The number of hydrogen-bond acceptors (Lipinski definition) is 2. The van der Waals surface area contributed by atoms with Crippen LogP contribution in [0, 0.1) is 0 Å². The second kappa shape index (κ2) is 2.35. The summed E-state index contributed by atoms with van der Waals surface area (Å²) in [6.45, 7) is 0. The first kappa shape index (κ1) is 7.00. The molecule has 0 aliphatic rings. The fourth-order valence-electron chi connectivity index (χ4n) is 0. The average Bonchev–Trinajstić information content (AvgIpc) is 1.35. The first-order valence-corrected chi connectivity index (χ1v) is 7.08. The molecule has 3 nitrogen and oxygen atoms in total. The molecule has 42 valence electrons. The minimum absolute atomic E-state index is 0.651. The molecule has 0 aromatic heterocycles. The zero-order valence-corrected chi connectivity index (χ0v) is 6.09. The molecule has 0 rings (SSSR count). The third-order valence-electron chi connectivity index (χ3n) is 0.0942. The van der Waals surface area contributed by atoms with E-state index < -0.39 is 24.2 Å². The Morgan fingerprint density at radius 2 is 1.83 bits per heavy atom. The third kappa shape index (κ3) is 5.00. The van der Waals surface area contributed by atoms with Gasteiger partial charge in [0.05, 0.1) is 0 Å². The van der Waals surface area contributed by atoms with Gasteiger partial charge in [-0.25, -0.2) is 0 Å². The van der Waals surface area contributed by atoms with Gasteiger partial charge >= 0.3 is 44.6 Å². The Bertz CT molecular complexity index is 113. The second-order valence-electron chi connectivity index (χ2n) is 0.455. The summed E-state index contributed by atoms with van der Waals surface area (Å²) < 4.78 is 26.9. The van der Waals surface area contributed by atoms with E-state index in [1.54, 1.807) is 0 Å². The molecule has 0 saturated heterocycles. The van der Waals surface area contributed by atoms with Crippen LogP contribution in [0.1, 0.15) is 0 Å². The zero-order chi connectivity index (χ0) is 5.21.